The van der Waals surface area contributed by atoms with Gasteiger partial charge in [-0.3, -0.25) is 0 Å². The first-order chi connectivity index (χ1) is 9.84. The van der Waals surface area contributed by atoms with Gasteiger partial charge in [-0.15, -0.1) is 0 Å². The third-order valence-corrected chi connectivity index (χ3v) is 5.15. The Hall–Kier alpha value is -1.03. The molecule has 0 aliphatic heterocycles. The number of hydrogen-bond donors (Lipinski definition) is 1. The minimum absolute atomic E-state index is 0.557. The van der Waals surface area contributed by atoms with Crippen LogP contribution in [0, 0.1) is 3.57 Å². The summed E-state index contributed by atoms with van der Waals surface area (Å²) in [7, 11) is 0. The highest BCUT2D eigenvalue weighted by atomic mass is 127. The lowest BCUT2D eigenvalue weighted by Gasteiger charge is -2.33. The molecule has 20 heavy (non-hydrogen) atoms. The number of rotatable bonds is 3. The largest absolute Gasteiger partial charge is 0.381 e. The minimum atomic E-state index is 0.557. The molecule has 0 aromatic heterocycles. The molecule has 0 amide bonds. The molecular weight excluding hydrogens is 357 g/mol. The normalized spacial score (nSPS) is 22.4. The van der Waals surface area contributed by atoms with E-state index in [0.717, 1.165) is 0 Å². The first kappa shape index (κ1) is 13.9. The average molecular weight is 377 g/mol. The Labute approximate surface area is 134 Å². The minimum Gasteiger partial charge on any atom is -0.381 e. The molecule has 1 saturated carbocycles. The molecule has 3 rings (SSSR count). The van der Waals surface area contributed by atoms with Crippen LogP contribution in [0.4, 0.5) is 5.69 Å². The van der Waals surface area contributed by atoms with Crippen LogP contribution in [-0.4, -0.2) is 6.04 Å². The standard InChI is InChI=1S/C18H20IN/c19-16-11-5-7-13-18(16)20-17-12-6-4-10-15(17)14-8-2-1-3-9-14/h1-3,5,7-9,11,13,15,17,20H,4,6,10,12H2. The summed E-state index contributed by atoms with van der Waals surface area (Å²) in [6.07, 6.45) is 5.25. The number of hydrogen-bond acceptors (Lipinski definition) is 1. The van der Waals surface area contributed by atoms with Crippen molar-refractivity contribution in [3.8, 4) is 0 Å². The van der Waals surface area contributed by atoms with Crippen molar-refractivity contribution >= 4 is 28.3 Å². The number of nitrogens with one attached hydrogen (secondary N) is 1. The van der Waals surface area contributed by atoms with E-state index in [4.69, 9.17) is 0 Å². The van der Waals surface area contributed by atoms with Crippen LogP contribution in [0.1, 0.15) is 37.2 Å². The molecule has 1 nitrogen and oxygen atoms in total. The summed E-state index contributed by atoms with van der Waals surface area (Å²) in [6.45, 7) is 0. The van der Waals surface area contributed by atoms with Crippen molar-refractivity contribution < 1.29 is 0 Å². The Balaban J connectivity index is 1.81. The summed E-state index contributed by atoms with van der Waals surface area (Å²) in [5.41, 5.74) is 2.76. The average Bonchev–Trinajstić information content (AvgIpc) is 2.51. The fourth-order valence-corrected chi connectivity index (χ4v) is 3.72. The summed E-state index contributed by atoms with van der Waals surface area (Å²) in [5, 5.41) is 3.79. The third kappa shape index (κ3) is 3.17. The van der Waals surface area contributed by atoms with E-state index in [1.54, 1.807) is 0 Å². The highest BCUT2D eigenvalue weighted by molar-refractivity contribution is 14.1. The summed E-state index contributed by atoms with van der Waals surface area (Å²) in [5.74, 6) is 0.640. The quantitative estimate of drug-likeness (QED) is 0.704. The van der Waals surface area contributed by atoms with Crippen LogP contribution in [0.25, 0.3) is 0 Å². The van der Waals surface area contributed by atoms with Crippen molar-refractivity contribution in [2.75, 3.05) is 5.32 Å². The van der Waals surface area contributed by atoms with Gasteiger partial charge < -0.3 is 5.32 Å². The maximum absolute atomic E-state index is 3.79. The molecule has 2 aromatic rings. The Bertz CT molecular complexity index is 552. The molecule has 104 valence electrons. The second-order valence-corrected chi connectivity index (χ2v) is 6.69. The third-order valence-electron chi connectivity index (χ3n) is 4.21. The van der Waals surface area contributed by atoms with Crippen molar-refractivity contribution in [1.29, 1.82) is 0 Å². The molecule has 2 heteroatoms. The van der Waals surface area contributed by atoms with Crippen molar-refractivity contribution in [2.45, 2.75) is 37.6 Å². The van der Waals surface area contributed by atoms with Crippen LogP contribution in [-0.2, 0) is 0 Å². The van der Waals surface area contributed by atoms with Crippen molar-refractivity contribution in [2.24, 2.45) is 0 Å². The number of benzene rings is 2. The molecule has 2 unspecified atom stereocenters. The topological polar surface area (TPSA) is 12.0 Å². The maximum atomic E-state index is 3.79. The molecule has 0 bridgehead atoms. The van der Waals surface area contributed by atoms with E-state index in [2.05, 4.69) is 82.5 Å². The number of para-hydroxylation sites is 1. The Morgan fingerprint density at radius 1 is 0.850 bits per heavy atom. The van der Waals surface area contributed by atoms with Gasteiger partial charge in [-0.05, 0) is 53.1 Å². The van der Waals surface area contributed by atoms with Crippen molar-refractivity contribution in [3.63, 3.8) is 0 Å². The molecule has 2 aromatic carbocycles. The van der Waals surface area contributed by atoms with Gasteiger partial charge in [0.1, 0.15) is 0 Å². The lowest BCUT2D eigenvalue weighted by Crippen LogP contribution is -2.30. The molecule has 0 radical (unpaired) electrons. The summed E-state index contributed by atoms with van der Waals surface area (Å²) >= 11 is 2.42. The molecule has 1 N–H and O–H groups in total. The number of halogens is 1. The zero-order valence-corrected chi connectivity index (χ0v) is 13.7. The Kier molecular flexibility index (Phi) is 4.61. The van der Waals surface area contributed by atoms with Crippen molar-refractivity contribution in [1.82, 2.24) is 0 Å². The van der Waals surface area contributed by atoms with E-state index < -0.39 is 0 Å². The SMILES string of the molecule is Ic1ccccc1NC1CCCCC1c1ccccc1. The molecule has 0 spiro atoms. The highest BCUT2D eigenvalue weighted by Crippen LogP contribution is 2.35. The van der Waals surface area contributed by atoms with Gasteiger partial charge in [-0.25, -0.2) is 0 Å². The summed E-state index contributed by atoms with van der Waals surface area (Å²) in [4.78, 5) is 0. The van der Waals surface area contributed by atoms with Crippen LogP contribution < -0.4 is 5.32 Å². The molecule has 1 aliphatic carbocycles. The molecule has 2 atom stereocenters. The lowest BCUT2D eigenvalue weighted by molar-refractivity contribution is 0.405. The fourth-order valence-electron chi connectivity index (χ4n) is 3.18. The summed E-state index contributed by atoms with van der Waals surface area (Å²) in [6, 6.07) is 20.1. The van der Waals surface area contributed by atoms with Crippen molar-refractivity contribution in [3.05, 3.63) is 63.7 Å². The lowest BCUT2D eigenvalue weighted by atomic mass is 9.80. The van der Waals surface area contributed by atoms with E-state index in [-0.39, 0.29) is 0 Å². The Morgan fingerprint density at radius 3 is 2.35 bits per heavy atom. The highest BCUT2D eigenvalue weighted by Gasteiger charge is 2.26. The smallest absolute Gasteiger partial charge is 0.0478 e. The maximum Gasteiger partial charge on any atom is 0.0478 e. The predicted octanol–water partition coefficient (Wildman–Crippen LogP) is 5.43. The van der Waals surface area contributed by atoms with Gasteiger partial charge in [0.25, 0.3) is 0 Å². The molecule has 0 saturated heterocycles. The van der Waals surface area contributed by atoms with E-state index in [1.807, 2.05) is 0 Å². The van der Waals surface area contributed by atoms with Gasteiger partial charge in [0.2, 0.25) is 0 Å². The van der Waals surface area contributed by atoms with E-state index >= 15 is 0 Å². The van der Waals surface area contributed by atoms with Crippen LogP contribution in [0.2, 0.25) is 0 Å². The van der Waals surface area contributed by atoms with Crippen LogP contribution in [0.15, 0.2) is 54.6 Å². The van der Waals surface area contributed by atoms with E-state index in [1.165, 1.54) is 40.5 Å². The molecule has 1 aliphatic rings. The number of anilines is 1. The Morgan fingerprint density at radius 2 is 1.55 bits per heavy atom. The predicted molar refractivity (Wildman–Crippen MR) is 94.2 cm³/mol. The van der Waals surface area contributed by atoms with Gasteiger partial charge in [-0.2, -0.15) is 0 Å². The zero-order chi connectivity index (χ0) is 13.8. The van der Waals surface area contributed by atoms with Gasteiger partial charge in [0.15, 0.2) is 0 Å². The monoisotopic (exact) mass is 377 g/mol. The molecular formula is C18H20IN. The van der Waals surface area contributed by atoms with Gasteiger partial charge in [0, 0.05) is 21.2 Å². The van der Waals surface area contributed by atoms with Crippen LogP contribution in [0.5, 0.6) is 0 Å². The summed E-state index contributed by atoms with van der Waals surface area (Å²) < 4.78 is 1.31. The molecule has 1 fully saturated rings. The second-order valence-electron chi connectivity index (χ2n) is 5.53. The van der Waals surface area contributed by atoms with Crippen LogP contribution >= 0.6 is 22.6 Å². The molecule has 0 heterocycles. The van der Waals surface area contributed by atoms with E-state index in [9.17, 15) is 0 Å². The van der Waals surface area contributed by atoms with Gasteiger partial charge >= 0.3 is 0 Å². The van der Waals surface area contributed by atoms with Crippen LogP contribution in [0.3, 0.4) is 0 Å². The van der Waals surface area contributed by atoms with Gasteiger partial charge in [0.05, 0.1) is 0 Å². The first-order valence-electron chi connectivity index (χ1n) is 7.40. The van der Waals surface area contributed by atoms with Gasteiger partial charge in [-0.1, -0.05) is 55.3 Å². The second kappa shape index (κ2) is 6.61. The fraction of sp³-hybridized carbons (Fsp3) is 0.333. The van der Waals surface area contributed by atoms with E-state index in [0.29, 0.717) is 12.0 Å². The zero-order valence-electron chi connectivity index (χ0n) is 11.6. The first-order valence-corrected chi connectivity index (χ1v) is 8.48.